The van der Waals surface area contributed by atoms with E-state index in [0.29, 0.717) is 60.9 Å². The molecule has 0 saturated carbocycles. The van der Waals surface area contributed by atoms with Gasteiger partial charge in [0.05, 0.1) is 33.0 Å². The fourth-order valence-electron chi connectivity index (χ4n) is 12.0. The van der Waals surface area contributed by atoms with Crippen molar-refractivity contribution >= 4 is 29.8 Å². The molecular formula is C95H180O10. The lowest BCUT2D eigenvalue weighted by atomic mass is 10.0. The van der Waals surface area contributed by atoms with E-state index >= 15 is 0 Å². The van der Waals surface area contributed by atoms with E-state index in [2.05, 4.69) is 67.5 Å². The van der Waals surface area contributed by atoms with Crippen LogP contribution in [0, 0.1) is 0 Å². The van der Waals surface area contributed by atoms with Gasteiger partial charge in [-0.05, 0) is 66.7 Å². The molecular weight excluding hydrogens is 1300 g/mol. The molecule has 10 heteroatoms. The zero-order valence-corrected chi connectivity index (χ0v) is 72.1. The van der Waals surface area contributed by atoms with Gasteiger partial charge in [0.2, 0.25) is 0 Å². The smallest absolute Gasteiger partial charge is 0.333 e. The number of ether oxygens (including phenoxy) is 5. The average Bonchev–Trinajstić information content (AvgIpc) is 2.42. The molecule has 0 aromatic heterocycles. The number of esters is 5. The van der Waals surface area contributed by atoms with Crippen LogP contribution in [-0.2, 0) is 47.7 Å². The quantitative estimate of drug-likeness (QED) is 0.0251. The maximum Gasteiger partial charge on any atom is 0.333 e. The van der Waals surface area contributed by atoms with Gasteiger partial charge in [-0.3, -0.25) is 0 Å². The Morgan fingerprint density at radius 3 is 0.305 bits per heavy atom. The summed E-state index contributed by atoms with van der Waals surface area (Å²) < 4.78 is 25.3. The van der Waals surface area contributed by atoms with Crippen molar-refractivity contribution < 1.29 is 47.7 Å². The lowest BCUT2D eigenvalue weighted by Crippen LogP contribution is -2.05. The minimum atomic E-state index is -0.257. The molecule has 10 nitrogen and oxygen atoms in total. The molecule has 105 heavy (non-hydrogen) atoms. The Hall–Kier alpha value is -3.95. The van der Waals surface area contributed by atoms with Crippen molar-refractivity contribution in [2.45, 2.75) is 487 Å². The molecule has 0 spiro atoms. The van der Waals surface area contributed by atoms with E-state index in [0.717, 1.165) is 32.1 Å². The second-order valence-electron chi connectivity index (χ2n) is 30.8. The van der Waals surface area contributed by atoms with Crippen molar-refractivity contribution in [1.29, 1.82) is 0 Å². The number of carbonyl (C=O) groups excluding carboxylic acids is 5. The Balaban J connectivity index is -0.000000397. The van der Waals surface area contributed by atoms with Gasteiger partial charge in [0.25, 0.3) is 0 Å². The van der Waals surface area contributed by atoms with Crippen LogP contribution in [-0.4, -0.2) is 62.9 Å². The van der Waals surface area contributed by atoms with Crippen LogP contribution in [0.15, 0.2) is 60.8 Å². The highest BCUT2D eigenvalue weighted by Gasteiger charge is 2.07. The third-order valence-electron chi connectivity index (χ3n) is 19.1. The number of carbonyl (C=O) groups is 5. The Morgan fingerprint density at radius 2 is 0.229 bits per heavy atom. The van der Waals surface area contributed by atoms with E-state index in [-0.39, 0.29) is 29.8 Å². The number of hydrogen-bond acceptors (Lipinski definition) is 10. The summed E-state index contributed by atoms with van der Waals surface area (Å²) in [6.45, 7) is 40.3. The summed E-state index contributed by atoms with van der Waals surface area (Å²) in [6.07, 6.45) is 86.7. The molecule has 0 aliphatic heterocycles. The molecule has 620 valence electrons. The van der Waals surface area contributed by atoms with Crippen LogP contribution in [0.3, 0.4) is 0 Å². The average molecular weight is 1480 g/mol. The zero-order valence-electron chi connectivity index (χ0n) is 72.1. The predicted molar refractivity (Wildman–Crippen MR) is 457 cm³/mol. The fraction of sp³-hybridized carbons (Fsp3) is 0.842. The van der Waals surface area contributed by atoms with Crippen LogP contribution in [0.1, 0.15) is 487 Å². The van der Waals surface area contributed by atoms with Crippen molar-refractivity contribution in [2.24, 2.45) is 0 Å². The van der Waals surface area contributed by atoms with Crippen molar-refractivity contribution in [3.8, 4) is 0 Å². The molecule has 0 bridgehead atoms. The minimum Gasteiger partial charge on any atom is -0.462 e. The summed E-state index contributed by atoms with van der Waals surface area (Å²) >= 11 is 0. The normalized spacial score (nSPS) is 10.6. The fourth-order valence-corrected chi connectivity index (χ4v) is 12.0. The lowest BCUT2D eigenvalue weighted by Gasteiger charge is -2.05. The molecule has 0 aliphatic carbocycles. The van der Waals surface area contributed by atoms with E-state index < -0.39 is 0 Å². The third kappa shape index (κ3) is 104. The Morgan fingerprint density at radius 1 is 0.152 bits per heavy atom. The zero-order chi connectivity index (χ0) is 78.8. The molecule has 0 N–H and O–H groups in total. The molecule has 0 amide bonds. The van der Waals surface area contributed by atoms with Crippen LogP contribution < -0.4 is 0 Å². The van der Waals surface area contributed by atoms with Gasteiger partial charge in [0.1, 0.15) is 0 Å². The van der Waals surface area contributed by atoms with Crippen LogP contribution >= 0.6 is 0 Å². The first-order chi connectivity index (χ1) is 50.9. The van der Waals surface area contributed by atoms with Gasteiger partial charge in [-0.1, -0.05) is 453 Å². The summed E-state index contributed by atoms with van der Waals surface area (Å²) in [5.74, 6) is -1.28. The van der Waals surface area contributed by atoms with Crippen molar-refractivity contribution in [2.75, 3.05) is 33.0 Å². The van der Waals surface area contributed by atoms with Crippen LogP contribution in [0.5, 0.6) is 0 Å². The first-order valence-corrected chi connectivity index (χ1v) is 45.0. The minimum absolute atomic E-state index is 0.254. The van der Waals surface area contributed by atoms with E-state index in [9.17, 15) is 24.0 Å². The molecule has 0 radical (unpaired) electrons. The molecule has 0 aromatic rings. The van der Waals surface area contributed by atoms with Gasteiger partial charge in [0.15, 0.2) is 0 Å². The van der Waals surface area contributed by atoms with Crippen LogP contribution in [0.25, 0.3) is 0 Å². The highest BCUT2D eigenvalue weighted by atomic mass is 16.5. The second-order valence-corrected chi connectivity index (χ2v) is 30.8. The van der Waals surface area contributed by atoms with Gasteiger partial charge in [0, 0.05) is 27.9 Å². The molecule has 0 saturated heterocycles. The third-order valence-corrected chi connectivity index (χ3v) is 19.1. The van der Waals surface area contributed by atoms with Crippen molar-refractivity contribution in [1.82, 2.24) is 0 Å². The molecule has 0 atom stereocenters. The van der Waals surface area contributed by atoms with Gasteiger partial charge in [-0.2, -0.15) is 0 Å². The summed E-state index contributed by atoms with van der Waals surface area (Å²) in [5, 5.41) is 0. The van der Waals surface area contributed by atoms with Gasteiger partial charge in [-0.15, -0.1) is 0 Å². The van der Waals surface area contributed by atoms with Crippen molar-refractivity contribution in [3.63, 3.8) is 0 Å². The number of rotatable bonds is 75. The monoisotopic (exact) mass is 1480 g/mol. The highest BCUT2D eigenvalue weighted by molar-refractivity contribution is 5.88. The van der Waals surface area contributed by atoms with E-state index in [1.165, 1.54) is 385 Å². The summed E-state index contributed by atoms with van der Waals surface area (Å²) in [6, 6.07) is 0. The van der Waals surface area contributed by atoms with Gasteiger partial charge < -0.3 is 23.7 Å². The molecule has 0 heterocycles. The maximum absolute atomic E-state index is 11.2. The van der Waals surface area contributed by atoms with Crippen LogP contribution in [0.4, 0.5) is 0 Å². The van der Waals surface area contributed by atoms with Crippen molar-refractivity contribution in [3.05, 3.63) is 60.8 Å². The first kappa shape index (κ1) is 110. The topological polar surface area (TPSA) is 132 Å². The summed E-state index contributed by atoms with van der Waals surface area (Å²) in [5.41, 5.74) is 2.45. The molecule has 0 aliphatic rings. The molecule has 0 unspecified atom stereocenters. The SMILES string of the molecule is C=C(C)C(=O)OCCCCCCCCCCCCC.C=C(C)C(=O)OCCCCCCCCCCCCCC.C=C(C)C(=O)OCCCCCCCCCCCCCCC.C=C(C)C(=O)OCCCCCCCCCCCCCCCC.C=C(C)C(=O)OCCCCCCCCCCCCCCCCC. The molecule has 0 rings (SSSR count). The molecule has 0 fully saturated rings. The second kappa shape index (κ2) is 96.1. The maximum atomic E-state index is 11.2. The highest BCUT2D eigenvalue weighted by Crippen LogP contribution is 2.19. The summed E-state index contributed by atoms with van der Waals surface area (Å²) in [4.78, 5) is 55.7. The molecule has 0 aromatic carbocycles. The largest absolute Gasteiger partial charge is 0.462 e. The van der Waals surface area contributed by atoms with Crippen LogP contribution in [0.2, 0.25) is 0 Å². The van der Waals surface area contributed by atoms with E-state index in [1.807, 2.05) is 0 Å². The van der Waals surface area contributed by atoms with E-state index in [4.69, 9.17) is 23.7 Å². The number of hydrogen-bond donors (Lipinski definition) is 0. The Bertz CT molecular complexity index is 1920. The number of unbranched alkanes of at least 4 members (excludes halogenated alkanes) is 60. The Labute approximate surface area is 654 Å². The predicted octanol–water partition coefficient (Wildman–Crippen LogP) is 31.0. The van der Waals surface area contributed by atoms with Gasteiger partial charge in [-0.25, -0.2) is 24.0 Å². The first-order valence-electron chi connectivity index (χ1n) is 45.0. The Kier molecular flexibility index (Phi) is 100. The lowest BCUT2D eigenvalue weighted by molar-refractivity contribution is -0.139. The standard InChI is InChI=1S/C21H40O2.C20H38O2.C19H36O2.C18H34O2.C17H32O2/c1-4-5-6-7-8-9-10-11-12-13-14-15-16-17-18-19-23-21(22)20(2)3;1-4-5-6-7-8-9-10-11-12-13-14-15-16-17-18-22-20(21)19(2)3;1-4-5-6-7-8-9-10-11-12-13-14-15-16-17-21-19(20)18(2)3;1-4-5-6-7-8-9-10-11-12-13-14-15-16-20-18(19)17(2)3;1-4-5-6-7-8-9-10-11-12-13-14-15-19-17(18)16(2)3/h2,4-19H2,1,3H3;2,4-18H2,1,3H3;2,4-17H2,1,3H3;2,4-16H2,1,3H3;2,4-15H2,1,3H3. The summed E-state index contributed by atoms with van der Waals surface area (Å²) in [7, 11) is 0. The van der Waals surface area contributed by atoms with E-state index in [1.54, 1.807) is 34.6 Å². The van der Waals surface area contributed by atoms with Gasteiger partial charge >= 0.3 is 29.8 Å².